The van der Waals surface area contributed by atoms with Gasteiger partial charge in [-0.2, -0.15) is 0 Å². The number of rotatable bonds is 6. The maximum absolute atomic E-state index is 12.2. The van der Waals surface area contributed by atoms with Crippen LogP contribution in [0.1, 0.15) is 22.1 Å². The van der Waals surface area contributed by atoms with Crippen LogP contribution in [0.4, 0.5) is 0 Å². The zero-order valence-electron chi connectivity index (χ0n) is 13.2. The minimum absolute atomic E-state index is 0.0612. The van der Waals surface area contributed by atoms with E-state index in [1.54, 1.807) is 44.4 Å². The summed E-state index contributed by atoms with van der Waals surface area (Å²) in [5.41, 5.74) is 0.372. The summed E-state index contributed by atoms with van der Waals surface area (Å²) in [6.45, 7) is -0.0612. The number of hydrogen-bond acceptors (Lipinski definition) is 5. The second kappa shape index (κ2) is 7.36. The molecule has 2 aromatic rings. The molecule has 1 heterocycles. The van der Waals surface area contributed by atoms with E-state index >= 15 is 0 Å². The van der Waals surface area contributed by atoms with Gasteiger partial charge in [-0.3, -0.25) is 9.59 Å². The highest BCUT2D eigenvalue weighted by atomic mass is 16.4. The van der Waals surface area contributed by atoms with Gasteiger partial charge in [0.05, 0.1) is 6.20 Å². The maximum Gasteiger partial charge on any atom is 0.330 e. The Morgan fingerprint density at radius 3 is 2.50 bits per heavy atom. The quantitative estimate of drug-likeness (QED) is 0.764. The Kier molecular flexibility index (Phi) is 5.25. The van der Waals surface area contributed by atoms with Gasteiger partial charge in [-0.25, -0.2) is 9.48 Å². The number of carbonyl (C=O) groups excluding carboxylic acids is 2. The monoisotopic (exact) mass is 331 g/mol. The van der Waals surface area contributed by atoms with E-state index in [9.17, 15) is 19.5 Å². The van der Waals surface area contributed by atoms with Crippen LogP contribution in [-0.4, -0.2) is 56.9 Å². The van der Waals surface area contributed by atoms with E-state index in [1.165, 1.54) is 15.8 Å². The molecule has 126 valence electrons. The van der Waals surface area contributed by atoms with Gasteiger partial charge < -0.3 is 15.3 Å². The third-order valence-corrected chi connectivity index (χ3v) is 3.22. The maximum atomic E-state index is 12.2. The highest BCUT2D eigenvalue weighted by Gasteiger charge is 2.24. The van der Waals surface area contributed by atoms with Gasteiger partial charge in [0.1, 0.15) is 6.54 Å². The van der Waals surface area contributed by atoms with Crippen molar-refractivity contribution in [1.82, 2.24) is 25.2 Å². The van der Waals surface area contributed by atoms with Crippen LogP contribution in [0, 0.1) is 0 Å². The lowest BCUT2D eigenvalue weighted by atomic mass is 10.1. The fourth-order valence-corrected chi connectivity index (χ4v) is 1.90. The zero-order valence-corrected chi connectivity index (χ0v) is 13.2. The fraction of sp³-hybridized carbons (Fsp3) is 0.267. The molecule has 0 aliphatic carbocycles. The highest BCUT2D eigenvalue weighted by molar-refractivity contribution is 5.95. The molecule has 24 heavy (non-hydrogen) atoms. The van der Waals surface area contributed by atoms with E-state index in [0.717, 1.165) is 0 Å². The van der Waals surface area contributed by atoms with Gasteiger partial charge in [0, 0.05) is 14.1 Å². The lowest BCUT2D eigenvalue weighted by molar-refractivity contribution is -0.139. The second-order valence-corrected chi connectivity index (χ2v) is 5.24. The summed E-state index contributed by atoms with van der Waals surface area (Å²) in [5, 5.41) is 19.1. The number of nitrogens with one attached hydrogen (secondary N) is 1. The van der Waals surface area contributed by atoms with Crippen LogP contribution in [0.5, 0.6) is 0 Å². The van der Waals surface area contributed by atoms with E-state index in [-0.39, 0.29) is 18.1 Å². The van der Waals surface area contributed by atoms with E-state index < -0.39 is 17.9 Å². The number of carboxylic acids is 1. The Morgan fingerprint density at radius 1 is 1.25 bits per heavy atom. The lowest BCUT2D eigenvalue weighted by Crippen LogP contribution is -2.34. The van der Waals surface area contributed by atoms with Crippen molar-refractivity contribution < 1.29 is 19.5 Å². The van der Waals surface area contributed by atoms with Crippen molar-refractivity contribution in [2.75, 3.05) is 14.1 Å². The molecule has 2 rings (SSSR count). The number of carboxylic acid groups (broad SMARTS) is 1. The minimum Gasteiger partial charge on any atom is -0.479 e. The van der Waals surface area contributed by atoms with Crippen LogP contribution in [0.3, 0.4) is 0 Å². The summed E-state index contributed by atoms with van der Waals surface area (Å²) in [7, 11) is 3.20. The van der Waals surface area contributed by atoms with Crippen molar-refractivity contribution in [2.24, 2.45) is 0 Å². The summed E-state index contributed by atoms with van der Waals surface area (Å²) in [5.74, 6) is -2.08. The molecule has 2 amide bonds. The molecule has 0 radical (unpaired) electrons. The number of hydrogen-bond donors (Lipinski definition) is 2. The number of benzene rings is 1. The predicted octanol–water partition coefficient (Wildman–Crippen LogP) is -0.0780. The van der Waals surface area contributed by atoms with Gasteiger partial charge in [0.25, 0.3) is 5.91 Å². The lowest BCUT2D eigenvalue weighted by Gasteiger charge is -2.13. The zero-order chi connectivity index (χ0) is 17.7. The van der Waals surface area contributed by atoms with Crippen molar-refractivity contribution in [2.45, 2.75) is 12.6 Å². The van der Waals surface area contributed by atoms with E-state index in [1.807, 2.05) is 0 Å². The largest absolute Gasteiger partial charge is 0.479 e. The van der Waals surface area contributed by atoms with Crippen molar-refractivity contribution in [1.29, 1.82) is 0 Å². The van der Waals surface area contributed by atoms with E-state index in [4.69, 9.17) is 0 Å². The fourth-order valence-electron chi connectivity index (χ4n) is 1.90. The molecular formula is C15H17N5O4. The molecule has 0 aliphatic heterocycles. The van der Waals surface area contributed by atoms with Crippen LogP contribution < -0.4 is 5.32 Å². The normalized spacial score (nSPS) is 11.6. The van der Waals surface area contributed by atoms with Gasteiger partial charge >= 0.3 is 5.97 Å². The Morgan fingerprint density at radius 2 is 1.92 bits per heavy atom. The first-order valence-corrected chi connectivity index (χ1v) is 7.07. The van der Waals surface area contributed by atoms with Crippen LogP contribution >= 0.6 is 0 Å². The number of nitrogens with zero attached hydrogens (tertiary/aromatic N) is 4. The second-order valence-electron chi connectivity index (χ2n) is 5.24. The standard InChI is InChI=1S/C15H17N5O4/c1-19(2)12(21)9-20-8-11(17-18-20)14(22)16-13(15(23)24)10-6-4-3-5-7-10/h3-8,13H,9H2,1-2H3,(H,16,22)(H,23,24)/t13-/m0/s1. The van der Waals surface area contributed by atoms with Gasteiger partial charge in [0.15, 0.2) is 11.7 Å². The molecule has 0 fully saturated rings. The summed E-state index contributed by atoms with van der Waals surface area (Å²) >= 11 is 0. The third-order valence-electron chi connectivity index (χ3n) is 3.22. The molecule has 1 atom stereocenters. The third kappa shape index (κ3) is 4.15. The van der Waals surface area contributed by atoms with Gasteiger partial charge in [-0.05, 0) is 5.56 Å². The molecule has 0 bridgehead atoms. The molecule has 2 N–H and O–H groups in total. The Bertz CT molecular complexity index is 741. The first kappa shape index (κ1) is 17.1. The Balaban J connectivity index is 2.10. The predicted molar refractivity (Wildman–Crippen MR) is 83.0 cm³/mol. The van der Waals surface area contributed by atoms with Crippen molar-refractivity contribution in [3.8, 4) is 0 Å². The van der Waals surface area contributed by atoms with E-state index in [0.29, 0.717) is 5.56 Å². The average molecular weight is 331 g/mol. The number of carbonyl (C=O) groups is 3. The molecule has 0 saturated heterocycles. The topological polar surface area (TPSA) is 117 Å². The number of aromatic nitrogens is 3. The Hall–Kier alpha value is -3.23. The number of likely N-dealkylation sites (N-methyl/N-ethyl adjacent to an activating group) is 1. The Labute approximate surface area is 137 Å². The number of amides is 2. The molecule has 0 spiro atoms. The molecular weight excluding hydrogens is 314 g/mol. The van der Waals surface area contributed by atoms with Crippen LogP contribution in [0.2, 0.25) is 0 Å². The van der Waals surface area contributed by atoms with Gasteiger partial charge in [-0.15, -0.1) is 5.10 Å². The molecule has 9 nitrogen and oxygen atoms in total. The summed E-state index contributed by atoms with van der Waals surface area (Å²) in [6.07, 6.45) is 1.29. The molecule has 1 aromatic heterocycles. The minimum atomic E-state index is -1.20. The van der Waals surface area contributed by atoms with Crippen LogP contribution in [0.15, 0.2) is 36.5 Å². The first-order chi connectivity index (χ1) is 11.4. The summed E-state index contributed by atoms with van der Waals surface area (Å²) in [4.78, 5) is 36.6. The van der Waals surface area contributed by atoms with Crippen LogP contribution in [0.25, 0.3) is 0 Å². The van der Waals surface area contributed by atoms with Crippen molar-refractivity contribution in [3.05, 3.63) is 47.8 Å². The van der Waals surface area contributed by atoms with Gasteiger partial charge in [0.2, 0.25) is 5.91 Å². The molecule has 0 saturated carbocycles. The van der Waals surface area contributed by atoms with E-state index in [2.05, 4.69) is 15.6 Å². The van der Waals surface area contributed by atoms with Gasteiger partial charge in [-0.1, -0.05) is 35.5 Å². The summed E-state index contributed by atoms with van der Waals surface area (Å²) < 4.78 is 1.22. The number of aliphatic carboxylic acids is 1. The first-order valence-electron chi connectivity index (χ1n) is 7.07. The van der Waals surface area contributed by atoms with Crippen molar-refractivity contribution >= 4 is 17.8 Å². The smallest absolute Gasteiger partial charge is 0.330 e. The molecule has 9 heteroatoms. The van der Waals surface area contributed by atoms with Crippen LogP contribution in [-0.2, 0) is 16.1 Å². The molecule has 0 aliphatic rings. The SMILES string of the molecule is CN(C)C(=O)Cn1cc(C(=O)N[C@H](C(=O)O)c2ccccc2)nn1. The summed E-state index contributed by atoms with van der Waals surface area (Å²) in [6, 6.07) is 7.11. The molecule has 1 aromatic carbocycles. The van der Waals surface area contributed by atoms with Crippen molar-refractivity contribution in [3.63, 3.8) is 0 Å². The average Bonchev–Trinajstić information content (AvgIpc) is 3.01. The highest BCUT2D eigenvalue weighted by Crippen LogP contribution is 2.13. The molecule has 0 unspecified atom stereocenters.